The van der Waals surface area contributed by atoms with E-state index in [2.05, 4.69) is 21.3 Å². The van der Waals surface area contributed by atoms with Crippen LogP contribution in [0.2, 0.25) is 0 Å². The number of rotatable bonds is 0. The second-order valence-electron chi connectivity index (χ2n) is 0. The van der Waals surface area contributed by atoms with Gasteiger partial charge >= 0.3 is 0 Å². The Morgan fingerprint density at radius 3 is 0.455 bits per heavy atom. The zero-order valence-corrected chi connectivity index (χ0v) is 13.7. The molecular weight excluding hydrogens is 375 g/mol. The Morgan fingerprint density at radius 1 is 0.455 bits per heavy atom. The molecule has 0 saturated heterocycles. The minimum Gasteiger partial charge on any atom is -0.569 e. The molecule has 0 aliphatic heterocycles. The van der Waals surface area contributed by atoms with E-state index in [1.165, 1.54) is 0 Å². The average molecular weight is 392 g/mol. The Morgan fingerprint density at radius 2 is 0.455 bits per heavy atom. The number of aliphatic hydroxyl groups is 3. The van der Waals surface area contributed by atoms with Crippen molar-refractivity contribution < 1.29 is 113 Å². The van der Waals surface area contributed by atoms with Gasteiger partial charge in [-0.05, 0) is 0 Å². The van der Waals surface area contributed by atoms with E-state index in [9.17, 15) is 0 Å². The van der Waals surface area contributed by atoms with Crippen LogP contribution in [0.3, 0.4) is 0 Å². The first kappa shape index (κ1) is 64.4. The van der Waals surface area contributed by atoms with Crippen LogP contribution in [0, 0.1) is 21.3 Å². The summed E-state index contributed by atoms with van der Waals surface area (Å²) < 4.78 is 0. The molecule has 11 heavy (non-hydrogen) atoms. The fraction of sp³-hybridized carbons (Fsp3) is 0.400. The van der Waals surface area contributed by atoms with Crippen LogP contribution in [0.25, 0.3) is 0 Å². The van der Waals surface area contributed by atoms with E-state index in [4.69, 9.17) is 15.3 Å². The van der Waals surface area contributed by atoms with Gasteiger partial charge in [0.2, 0.25) is 0 Å². The van der Waals surface area contributed by atoms with Gasteiger partial charge in [-0.15, -0.1) is 0 Å². The van der Waals surface area contributed by atoms with Crippen molar-refractivity contribution in [3.63, 3.8) is 0 Å². The fourth-order valence-corrected chi connectivity index (χ4v) is 0. The average Bonchev–Trinajstić information content (AvgIpc) is 1.81. The normalized spacial score (nSPS) is 1.64. The van der Waals surface area contributed by atoms with E-state index in [1.54, 1.807) is 0 Å². The van der Waals surface area contributed by atoms with Crippen molar-refractivity contribution in [2.45, 2.75) is 14.9 Å². The predicted molar refractivity (Wildman–Crippen MR) is 35.3 cm³/mol. The molecule has 0 aliphatic carbocycles. The van der Waals surface area contributed by atoms with Crippen molar-refractivity contribution in [1.29, 1.82) is 0 Å². The molecule has 0 aliphatic rings. The largest absolute Gasteiger partial charge is 0.569 e. The zero-order valence-electron chi connectivity index (χ0n) is 5.20. The fourth-order valence-electron chi connectivity index (χ4n) is 0. The Kier molecular flexibility index (Phi) is 1130. The zero-order chi connectivity index (χ0) is 6.00. The van der Waals surface area contributed by atoms with Crippen LogP contribution < -0.4 is 0 Å². The summed E-state index contributed by atoms with van der Waals surface area (Å²) in [4.78, 5) is 0. The van der Waals surface area contributed by atoms with Gasteiger partial charge in [0.1, 0.15) is 0 Å². The van der Waals surface area contributed by atoms with Crippen LogP contribution in [0.5, 0.6) is 0 Å². The summed E-state index contributed by atoms with van der Waals surface area (Å²) in [5.41, 5.74) is 0. The summed E-state index contributed by atoms with van der Waals surface area (Å²) >= 11 is 0. The Balaban J connectivity index is -0.00000000167. The van der Waals surface area contributed by atoms with Gasteiger partial charge in [-0.25, -0.2) is 21.3 Å². The number of hydrogen-bond donors (Lipinski definition) is 3. The molecule has 0 heterocycles. The molecule has 3 radical (unpaired) electrons. The molecule has 0 rings (SSSR count). The van der Waals surface area contributed by atoms with Gasteiger partial charge in [-0.2, -0.15) is 0 Å². The van der Waals surface area contributed by atoms with Gasteiger partial charge in [0.05, 0.1) is 0 Å². The molecular formula is C5H17O3Y3-3. The molecule has 0 spiro atoms. The maximum Gasteiger partial charge on any atom is 0 e. The van der Waals surface area contributed by atoms with Crippen LogP contribution in [0.15, 0.2) is 0 Å². The van der Waals surface area contributed by atoms with Crippen molar-refractivity contribution in [2.75, 3.05) is 0 Å². The molecule has 0 aromatic rings. The van der Waals surface area contributed by atoms with E-state index in [0.717, 1.165) is 0 Å². The molecule has 0 saturated carbocycles. The molecule has 67 valence electrons. The van der Waals surface area contributed by atoms with Crippen LogP contribution in [0.4, 0.5) is 0 Å². The molecule has 0 amide bonds. The summed E-state index contributed by atoms with van der Waals surface area (Å²) in [6.45, 7) is 0. The Bertz CT molecular complexity index is 16.9. The van der Waals surface area contributed by atoms with E-state index in [1.807, 2.05) is 0 Å². The molecule has 3 N–H and O–H groups in total. The van der Waals surface area contributed by atoms with Crippen molar-refractivity contribution in [1.82, 2.24) is 0 Å². The van der Waals surface area contributed by atoms with Crippen molar-refractivity contribution in [3.05, 3.63) is 21.3 Å². The predicted octanol–water partition coefficient (Wildman–Crippen LogP) is 1.72. The molecule has 0 fully saturated rings. The van der Waals surface area contributed by atoms with E-state index in [0.29, 0.717) is 0 Å². The van der Waals surface area contributed by atoms with Crippen LogP contribution >= 0.6 is 0 Å². The molecule has 0 bridgehead atoms. The molecule has 0 aromatic carbocycles. The maximum atomic E-state index is 6.75. The summed E-state index contributed by atoms with van der Waals surface area (Å²) in [6.07, 6.45) is 0. The summed E-state index contributed by atoms with van der Waals surface area (Å²) in [7, 11) is 6.75. The summed E-state index contributed by atoms with van der Waals surface area (Å²) in [5, 5.41) is 20.2. The summed E-state index contributed by atoms with van der Waals surface area (Å²) in [6, 6.07) is 0. The van der Waals surface area contributed by atoms with E-state index < -0.39 is 0 Å². The van der Waals surface area contributed by atoms with Gasteiger partial charge in [-0.1, -0.05) is 14.9 Å². The van der Waals surface area contributed by atoms with Gasteiger partial charge in [-0.3, -0.25) is 0 Å². The van der Waals surface area contributed by atoms with Crippen molar-refractivity contribution in [3.8, 4) is 0 Å². The minimum absolute atomic E-state index is 0. The molecule has 0 unspecified atom stereocenters. The second kappa shape index (κ2) is 192. The monoisotopic (exact) mass is 392 g/mol. The van der Waals surface area contributed by atoms with E-state index >= 15 is 0 Å². The van der Waals surface area contributed by atoms with Gasteiger partial charge in [0, 0.05) is 98.1 Å². The second-order valence-corrected chi connectivity index (χ2v) is 0. The van der Waals surface area contributed by atoms with Crippen LogP contribution in [-0.4, -0.2) is 15.3 Å². The number of aliphatic hydroxyl groups excluding tert-OH is 3. The first-order chi connectivity index (χ1) is 3.00. The van der Waals surface area contributed by atoms with Crippen molar-refractivity contribution >= 4 is 0 Å². The topological polar surface area (TPSA) is 60.7 Å². The minimum atomic E-state index is 0. The van der Waals surface area contributed by atoms with Crippen molar-refractivity contribution in [2.24, 2.45) is 0 Å². The first-order valence-electron chi connectivity index (χ1n) is 0.949. The summed E-state index contributed by atoms with van der Waals surface area (Å²) in [5.74, 6) is 0. The third-order valence-electron chi connectivity index (χ3n) is 0. The number of hydrogen-bond acceptors (Lipinski definition) is 3. The van der Waals surface area contributed by atoms with Gasteiger partial charge < -0.3 is 15.3 Å². The van der Waals surface area contributed by atoms with Crippen LogP contribution in [0.1, 0.15) is 14.9 Å². The van der Waals surface area contributed by atoms with Gasteiger partial charge in [0.25, 0.3) is 0 Å². The quantitative estimate of drug-likeness (QED) is 0.551. The third kappa shape index (κ3) is 162. The smallest absolute Gasteiger partial charge is 0 e. The standard InChI is InChI=1S/3CH3O.2CH4.3Y/c3*1-2;;;;;/h3*2H,1H2;2*1H4;;;/q3*-1;;;;;. The Labute approximate surface area is 147 Å². The Hall–Kier alpha value is 3.19. The van der Waals surface area contributed by atoms with Gasteiger partial charge in [0.15, 0.2) is 0 Å². The molecule has 0 aromatic heterocycles. The molecule has 0 atom stereocenters. The SMILES string of the molecule is C.C.[CH2-]O.[CH2-]O.[CH2-]O.[Y].[Y].[Y]. The molecule has 3 nitrogen and oxygen atoms in total. The third-order valence-corrected chi connectivity index (χ3v) is 0. The van der Waals surface area contributed by atoms with Crippen LogP contribution in [-0.2, 0) is 98.1 Å². The first-order valence-corrected chi connectivity index (χ1v) is 0.949. The van der Waals surface area contributed by atoms with E-state index in [-0.39, 0.29) is 113 Å². The molecule has 6 heteroatoms. The maximum absolute atomic E-state index is 6.75.